The maximum Gasteiger partial charge on any atom is 0.361 e. The molecule has 1 aromatic heterocycles. The number of nitrogens with zero attached hydrogens (tertiary/aromatic N) is 3. The molecule has 0 fully saturated rings. The van der Waals surface area contributed by atoms with Gasteiger partial charge in [0.1, 0.15) is 5.69 Å². The van der Waals surface area contributed by atoms with Crippen LogP contribution in [0.3, 0.4) is 0 Å². The van der Waals surface area contributed by atoms with E-state index >= 15 is 0 Å². The molecule has 0 aliphatic carbocycles. The Hall–Kier alpha value is -2.73. The molecule has 3 rings (SSSR count). The van der Waals surface area contributed by atoms with Crippen molar-refractivity contribution < 1.29 is 9.53 Å². The van der Waals surface area contributed by atoms with Gasteiger partial charge in [-0.1, -0.05) is 63.6 Å². The number of hydrogen-bond acceptors (Lipinski definition) is 4. The first-order chi connectivity index (χ1) is 12.2. The van der Waals surface area contributed by atoms with E-state index in [1.165, 1.54) is 0 Å². The van der Waals surface area contributed by atoms with Crippen LogP contribution in [0.1, 0.15) is 28.7 Å². The molecule has 0 N–H and O–H groups in total. The number of hydrogen-bond donors (Lipinski definition) is 0. The molecule has 6 heteroatoms. The highest BCUT2D eigenvalue weighted by molar-refractivity contribution is 9.10. The molecule has 0 saturated heterocycles. The molecule has 5 nitrogen and oxygen atoms in total. The van der Waals surface area contributed by atoms with Crippen LogP contribution in [0, 0.1) is 0 Å². The summed E-state index contributed by atoms with van der Waals surface area (Å²) in [6.45, 7) is 2.04. The van der Waals surface area contributed by atoms with Crippen LogP contribution >= 0.6 is 15.9 Å². The lowest BCUT2D eigenvalue weighted by Crippen LogP contribution is -2.08. The Morgan fingerprint density at radius 2 is 1.84 bits per heavy atom. The van der Waals surface area contributed by atoms with Gasteiger partial charge in [-0.3, -0.25) is 0 Å². The van der Waals surface area contributed by atoms with Crippen LogP contribution in [-0.4, -0.2) is 27.6 Å². The zero-order valence-corrected chi connectivity index (χ0v) is 15.2. The number of ether oxygens (including phenoxy) is 1. The highest BCUT2D eigenvalue weighted by Crippen LogP contribution is 2.21. The maximum atomic E-state index is 12.2. The number of halogens is 1. The summed E-state index contributed by atoms with van der Waals surface area (Å²) in [6.07, 6.45) is 3.73. The van der Waals surface area contributed by atoms with Gasteiger partial charge >= 0.3 is 5.97 Å². The molecule has 0 unspecified atom stereocenters. The fourth-order valence-electron chi connectivity index (χ4n) is 2.32. The van der Waals surface area contributed by atoms with Gasteiger partial charge in [0.25, 0.3) is 0 Å². The van der Waals surface area contributed by atoms with Crippen LogP contribution in [0.2, 0.25) is 0 Å². The minimum Gasteiger partial charge on any atom is -0.461 e. The van der Waals surface area contributed by atoms with Crippen molar-refractivity contribution in [2.75, 3.05) is 6.61 Å². The SMILES string of the molecule is CCOC(=O)c1nnn(-c2ccccc2)c1/C=C/c1ccccc1Br. The third-order valence-electron chi connectivity index (χ3n) is 3.50. The van der Waals surface area contributed by atoms with E-state index in [9.17, 15) is 4.79 Å². The number of aromatic nitrogens is 3. The van der Waals surface area contributed by atoms with Crippen LogP contribution in [0.15, 0.2) is 59.1 Å². The van der Waals surface area contributed by atoms with Gasteiger partial charge in [0.15, 0.2) is 5.69 Å². The predicted octanol–water partition coefficient (Wildman–Crippen LogP) is 4.38. The largest absolute Gasteiger partial charge is 0.461 e. The Morgan fingerprint density at radius 1 is 1.12 bits per heavy atom. The van der Waals surface area contributed by atoms with Crippen LogP contribution in [0.5, 0.6) is 0 Å². The number of carbonyl (C=O) groups excluding carboxylic acids is 1. The van der Waals surface area contributed by atoms with Gasteiger partial charge in [-0.25, -0.2) is 9.48 Å². The summed E-state index contributed by atoms with van der Waals surface area (Å²) in [5, 5.41) is 8.15. The van der Waals surface area contributed by atoms with Crippen molar-refractivity contribution in [3.63, 3.8) is 0 Å². The summed E-state index contributed by atoms with van der Waals surface area (Å²) in [4.78, 5) is 12.2. The van der Waals surface area contributed by atoms with Crippen molar-refractivity contribution in [3.05, 3.63) is 76.0 Å². The Balaban J connectivity index is 2.07. The second-order valence-corrected chi connectivity index (χ2v) is 6.00. The first-order valence-electron chi connectivity index (χ1n) is 7.81. The Kier molecular flexibility index (Phi) is 5.40. The summed E-state index contributed by atoms with van der Waals surface area (Å²) in [7, 11) is 0. The summed E-state index contributed by atoms with van der Waals surface area (Å²) in [6, 6.07) is 17.4. The Labute approximate surface area is 154 Å². The van der Waals surface area contributed by atoms with Crippen molar-refractivity contribution in [2.24, 2.45) is 0 Å². The molecule has 126 valence electrons. The van der Waals surface area contributed by atoms with E-state index in [1.54, 1.807) is 11.6 Å². The Bertz CT molecular complexity index is 904. The summed E-state index contributed by atoms with van der Waals surface area (Å²) >= 11 is 3.52. The third kappa shape index (κ3) is 3.85. The van der Waals surface area contributed by atoms with Gasteiger partial charge in [0.2, 0.25) is 0 Å². The van der Waals surface area contributed by atoms with E-state index in [2.05, 4.69) is 26.2 Å². The molecule has 0 aliphatic heterocycles. The average molecular weight is 398 g/mol. The van der Waals surface area contributed by atoms with Crippen LogP contribution in [-0.2, 0) is 4.74 Å². The smallest absolute Gasteiger partial charge is 0.361 e. The molecular formula is C19H16BrN3O2. The standard InChI is InChI=1S/C19H16BrN3O2/c1-2-25-19(24)18-17(13-12-14-8-6-7-11-16(14)20)23(22-21-18)15-9-4-3-5-10-15/h3-13H,2H2,1H3/b13-12+. The van der Waals surface area contributed by atoms with E-state index in [1.807, 2.05) is 66.7 Å². The van der Waals surface area contributed by atoms with Crippen molar-refractivity contribution in [3.8, 4) is 5.69 Å². The lowest BCUT2D eigenvalue weighted by atomic mass is 10.2. The zero-order valence-electron chi connectivity index (χ0n) is 13.6. The maximum absolute atomic E-state index is 12.2. The van der Waals surface area contributed by atoms with Gasteiger partial charge in [0.05, 0.1) is 12.3 Å². The molecule has 25 heavy (non-hydrogen) atoms. The number of benzene rings is 2. The van der Waals surface area contributed by atoms with Gasteiger partial charge < -0.3 is 4.74 Å². The van der Waals surface area contributed by atoms with Crippen molar-refractivity contribution in [1.29, 1.82) is 0 Å². The second-order valence-electron chi connectivity index (χ2n) is 5.15. The van der Waals surface area contributed by atoms with Crippen molar-refractivity contribution in [2.45, 2.75) is 6.92 Å². The fourth-order valence-corrected chi connectivity index (χ4v) is 2.74. The lowest BCUT2D eigenvalue weighted by Gasteiger charge is -2.05. The molecular weight excluding hydrogens is 382 g/mol. The zero-order chi connectivity index (χ0) is 17.6. The summed E-state index contributed by atoms with van der Waals surface area (Å²) < 4.78 is 7.68. The highest BCUT2D eigenvalue weighted by Gasteiger charge is 2.19. The molecule has 1 heterocycles. The second kappa shape index (κ2) is 7.90. The number of para-hydroxylation sites is 1. The minimum absolute atomic E-state index is 0.189. The lowest BCUT2D eigenvalue weighted by molar-refractivity contribution is 0.0519. The van der Waals surface area contributed by atoms with Crippen molar-refractivity contribution >= 4 is 34.1 Å². The molecule has 0 atom stereocenters. The van der Waals surface area contributed by atoms with Crippen LogP contribution in [0.4, 0.5) is 0 Å². The first-order valence-corrected chi connectivity index (χ1v) is 8.61. The monoisotopic (exact) mass is 397 g/mol. The van der Waals surface area contributed by atoms with E-state index in [0.717, 1.165) is 15.7 Å². The number of esters is 1. The molecule has 0 spiro atoms. The minimum atomic E-state index is -0.489. The molecule has 0 aliphatic rings. The summed E-state index contributed by atoms with van der Waals surface area (Å²) in [5.41, 5.74) is 2.56. The normalized spacial score (nSPS) is 11.0. The molecule has 2 aromatic carbocycles. The molecule has 0 bridgehead atoms. The van der Waals surface area contributed by atoms with E-state index in [-0.39, 0.29) is 12.3 Å². The number of rotatable bonds is 5. The summed E-state index contributed by atoms with van der Waals surface area (Å²) in [5.74, 6) is -0.489. The van der Waals surface area contributed by atoms with Gasteiger partial charge in [-0.05, 0) is 36.8 Å². The van der Waals surface area contributed by atoms with E-state index in [4.69, 9.17) is 4.74 Å². The predicted molar refractivity (Wildman–Crippen MR) is 100 cm³/mol. The van der Waals surface area contributed by atoms with Crippen LogP contribution in [0.25, 0.3) is 17.8 Å². The highest BCUT2D eigenvalue weighted by atomic mass is 79.9. The number of carbonyl (C=O) groups is 1. The molecule has 0 radical (unpaired) electrons. The Morgan fingerprint density at radius 3 is 2.56 bits per heavy atom. The van der Waals surface area contributed by atoms with E-state index < -0.39 is 5.97 Å². The molecule has 0 amide bonds. The van der Waals surface area contributed by atoms with Crippen molar-refractivity contribution in [1.82, 2.24) is 15.0 Å². The third-order valence-corrected chi connectivity index (χ3v) is 4.22. The van der Waals surface area contributed by atoms with Crippen LogP contribution < -0.4 is 0 Å². The molecule has 0 saturated carbocycles. The quantitative estimate of drug-likeness (QED) is 0.599. The first kappa shape index (κ1) is 17.1. The van der Waals surface area contributed by atoms with Gasteiger partial charge in [-0.15, -0.1) is 5.10 Å². The average Bonchev–Trinajstić information content (AvgIpc) is 3.06. The molecule has 3 aromatic rings. The fraction of sp³-hybridized carbons (Fsp3) is 0.105. The van der Waals surface area contributed by atoms with Gasteiger partial charge in [0, 0.05) is 4.47 Å². The topological polar surface area (TPSA) is 57.0 Å². The van der Waals surface area contributed by atoms with E-state index in [0.29, 0.717) is 5.69 Å². The van der Waals surface area contributed by atoms with Gasteiger partial charge in [-0.2, -0.15) is 0 Å².